The molecule has 0 saturated carbocycles. The van der Waals surface area contributed by atoms with Crippen LogP contribution in [0.4, 0.5) is 8.78 Å². The van der Waals surface area contributed by atoms with Gasteiger partial charge in [-0.1, -0.05) is 13.8 Å². The van der Waals surface area contributed by atoms with Gasteiger partial charge in [0.25, 0.3) is 5.91 Å². The highest BCUT2D eigenvalue weighted by molar-refractivity contribution is 5.94. The zero-order valence-corrected chi connectivity index (χ0v) is 15.7. The van der Waals surface area contributed by atoms with Gasteiger partial charge >= 0.3 is 0 Å². The largest absolute Gasteiger partial charge is 0.352 e. The SMILES string of the molecule is CC(C)CN1CC[C@@H](CNC(=O)c2ccc(-c3cc(F)cc(F)c3)nc2)C1. The number of pyridine rings is 1. The smallest absolute Gasteiger partial charge is 0.252 e. The van der Waals surface area contributed by atoms with E-state index < -0.39 is 11.6 Å². The minimum Gasteiger partial charge on any atom is -0.352 e. The molecular formula is C21H25F2N3O. The summed E-state index contributed by atoms with van der Waals surface area (Å²) in [4.78, 5) is 18.9. The first-order valence-electron chi connectivity index (χ1n) is 9.34. The Bertz CT molecular complexity index is 772. The molecular weight excluding hydrogens is 348 g/mol. The zero-order chi connectivity index (χ0) is 19.4. The Balaban J connectivity index is 1.55. The van der Waals surface area contributed by atoms with Crippen LogP contribution < -0.4 is 5.32 Å². The number of aromatic nitrogens is 1. The third kappa shape index (κ3) is 5.32. The van der Waals surface area contributed by atoms with Crippen LogP contribution in [0.25, 0.3) is 11.3 Å². The lowest BCUT2D eigenvalue weighted by atomic mass is 10.1. The van der Waals surface area contributed by atoms with E-state index in [0.29, 0.717) is 35.2 Å². The van der Waals surface area contributed by atoms with Crippen molar-refractivity contribution in [1.29, 1.82) is 0 Å². The molecule has 1 amide bonds. The van der Waals surface area contributed by atoms with Crippen LogP contribution in [0.1, 0.15) is 30.6 Å². The van der Waals surface area contributed by atoms with Crippen molar-refractivity contribution in [2.75, 3.05) is 26.2 Å². The highest BCUT2D eigenvalue weighted by Gasteiger charge is 2.23. The number of likely N-dealkylation sites (tertiary alicyclic amines) is 1. The molecule has 1 aliphatic heterocycles. The van der Waals surface area contributed by atoms with Gasteiger partial charge in [-0.15, -0.1) is 0 Å². The number of halogens is 2. The average Bonchev–Trinajstić information content (AvgIpc) is 3.05. The summed E-state index contributed by atoms with van der Waals surface area (Å²) >= 11 is 0. The van der Waals surface area contributed by atoms with Gasteiger partial charge in [0.15, 0.2) is 0 Å². The first kappa shape index (κ1) is 19.4. The van der Waals surface area contributed by atoms with Gasteiger partial charge in [0, 0.05) is 37.5 Å². The first-order chi connectivity index (χ1) is 12.9. The molecule has 1 aromatic carbocycles. The fraction of sp³-hybridized carbons (Fsp3) is 0.429. The normalized spacial score (nSPS) is 17.4. The summed E-state index contributed by atoms with van der Waals surface area (Å²) in [5.41, 5.74) is 1.20. The van der Waals surface area contributed by atoms with E-state index in [1.807, 2.05) is 0 Å². The molecule has 0 spiro atoms. The van der Waals surface area contributed by atoms with Crippen LogP contribution >= 0.6 is 0 Å². The lowest BCUT2D eigenvalue weighted by molar-refractivity contribution is 0.0947. The van der Waals surface area contributed by atoms with Crippen molar-refractivity contribution in [3.8, 4) is 11.3 Å². The van der Waals surface area contributed by atoms with Gasteiger partial charge in [-0.25, -0.2) is 8.78 Å². The summed E-state index contributed by atoms with van der Waals surface area (Å²) in [7, 11) is 0. The summed E-state index contributed by atoms with van der Waals surface area (Å²) in [5, 5.41) is 2.97. The third-order valence-corrected chi connectivity index (χ3v) is 4.73. The average molecular weight is 373 g/mol. The number of amides is 1. The minimum atomic E-state index is -0.656. The molecule has 0 unspecified atom stereocenters. The van der Waals surface area contributed by atoms with E-state index in [4.69, 9.17) is 0 Å². The second-order valence-corrected chi connectivity index (χ2v) is 7.61. The Hall–Kier alpha value is -2.34. The third-order valence-electron chi connectivity index (χ3n) is 4.73. The van der Waals surface area contributed by atoms with E-state index in [1.54, 1.807) is 12.1 Å². The Morgan fingerprint density at radius 1 is 1.26 bits per heavy atom. The van der Waals surface area contributed by atoms with Gasteiger partial charge in [0.05, 0.1) is 11.3 Å². The van der Waals surface area contributed by atoms with Crippen LogP contribution in [0.3, 0.4) is 0 Å². The molecule has 1 saturated heterocycles. The Kier molecular flexibility index (Phi) is 6.16. The maximum Gasteiger partial charge on any atom is 0.252 e. The van der Waals surface area contributed by atoms with Crippen LogP contribution in [0.15, 0.2) is 36.5 Å². The molecule has 1 atom stereocenters. The number of carbonyl (C=O) groups is 1. The molecule has 1 aliphatic rings. The molecule has 0 bridgehead atoms. The molecule has 1 N–H and O–H groups in total. The quantitative estimate of drug-likeness (QED) is 0.839. The van der Waals surface area contributed by atoms with Crippen LogP contribution in [-0.2, 0) is 0 Å². The second kappa shape index (κ2) is 8.57. The highest BCUT2D eigenvalue weighted by Crippen LogP contribution is 2.20. The fourth-order valence-corrected chi connectivity index (χ4v) is 3.50. The Labute approximate surface area is 158 Å². The lowest BCUT2D eigenvalue weighted by Crippen LogP contribution is -2.31. The number of hydrogen-bond donors (Lipinski definition) is 1. The molecule has 0 aliphatic carbocycles. The molecule has 0 radical (unpaired) electrons. The highest BCUT2D eigenvalue weighted by atomic mass is 19.1. The summed E-state index contributed by atoms with van der Waals surface area (Å²) in [6.07, 6.45) is 2.53. The van der Waals surface area contributed by atoms with Crippen molar-refractivity contribution in [3.05, 3.63) is 53.7 Å². The number of hydrogen-bond acceptors (Lipinski definition) is 3. The number of benzene rings is 1. The number of nitrogens with zero attached hydrogens (tertiary/aromatic N) is 2. The predicted octanol–water partition coefficient (Wildman–Crippen LogP) is 3.73. The summed E-state index contributed by atoms with van der Waals surface area (Å²) in [6.45, 7) is 8.26. The topological polar surface area (TPSA) is 45.2 Å². The fourth-order valence-electron chi connectivity index (χ4n) is 3.50. The molecule has 3 rings (SSSR count). The van der Waals surface area contributed by atoms with Gasteiger partial charge in [-0.05, 0) is 49.1 Å². The van der Waals surface area contributed by atoms with Crippen molar-refractivity contribution in [2.24, 2.45) is 11.8 Å². The summed E-state index contributed by atoms with van der Waals surface area (Å²) in [6, 6.07) is 6.47. The van der Waals surface area contributed by atoms with Crippen LogP contribution in [-0.4, -0.2) is 42.0 Å². The summed E-state index contributed by atoms with van der Waals surface area (Å²) in [5.74, 6) is -0.375. The van der Waals surface area contributed by atoms with Crippen molar-refractivity contribution in [2.45, 2.75) is 20.3 Å². The molecule has 144 valence electrons. The molecule has 1 aromatic heterocycles. The number of rotatable bonds is 6. The molecule has 4 nitrogen and oxygen atoms in total. The first-order valence-corrected chi connectivity index (χ1v) is 9.34. The molecule has 1 fully saturated rings. The van der Waals surface area contributed by atoms with Gasteiger partial charge in [0.2, 0.25) is 0 Å². The maximum atomic E-state index is 13.3. The monoisotopic (exact) mass is 373 g/mol. The van der Waals surface area contributed by atoms with Crippen molar-refractivity contribution >= 4 is 5.91 Å². The van der Waals surface area contributed by atoms with E-state index in [-0.39, 0.29) is 5.91 Å². The lowest BCUT2D eigenvalue weighted by Gasteiger charge is -2.18. The number of nitrogens with one attached hydrogen (secondary N) is 1. The van der Waals surface area contributed by atoms with E-state index in [1.165, 1.54) is 18.3 Å². The zero-order valence-electron chi connectivity index (χ0n) is 15.7. The van der Waals surface area contributed by atoms with E-state index in [2.05, 4.69) is 29.0 Å². The Morgan fingerprint density at radius 3 is 2.63 bits per heavy atom. The van der Waals surface area contributed by atoms with Crippen molar-refractivity contribution < 1.29 is 13.6 Å². The van der Waals surface area contributed by atoms with Crippen LogP contribution in [0.2, 0.25) is 0 Å². The van der Waals surface area contributed by atoms with Gasteiger partial charge in [-0.2, -0.15) is 0 Å². The van der Waals surface area contributed by atoms with Crippen molar-refractivity contribution in [1.82, 2.24) is 15.2 Å². The van der Waals surface area contributed by atoms with E-state index in [0.717, 1.165) is 32.1 Å². The van der Waals surface area contributed by atoms with E-state index in [9.17, 15) is 13.6 Å². The van der Waals surface area contributed by atoms with Crippen LogP contribution in [0.5, 0.6) is 0 Å². The molecule has 6 heteroatoms. The minimum absolute atomic E-state index is 0.179. The van der Waals surface area contributed by atoms with Crippen molar-refractivity contribution in [3.63, 3.8) is 0 Å². The van der Waals surface area contributed by atoms with Crippen LogP contribution in [0, 0.1) is 23.5 Å². The van der Waals surface area contributed by atoms with Gasteiger partial charge in [-0.3, -0.25) is 9.78 Å². The predicted molar refractivity (Wildman–Crippen MR) is 101 cm³/mol. The van der Waals surface area contributed by atoms with Gasteiger partial charge in [0.1, 0.15) is 11.6 Å². The molecule has 2 heterocycles. The maximum absolute atomic E-state index is 13.3. The molecule has 2 aromatic rings. The standard InChI is InChI=1S/C21H25F2N3O/c1-14(2)12-26-6-5-15(13-26)10-25-21(27)16-3-4-20(24-11-16)17-7-18(22)9-19(23)8-17/h3-4,7-9,11,14-15H,5-6,10,12-13H2,1-2H3,(H,25,27)/t15-/m0/s1. The van der Waals surface area contributed by atoms with E-state index >= 15 is 0 Å². The Morgan fingerprint density at radius 2 is 2.00 bits per heavy atom. The molecule has 27 heavy (non-hydrogen) atoms. The summed E-state index contributed by atoms with van der Waals surface area (Å²) < 4.78 is 26.7. The second-order valence-electron chi connectivity index (χ2n) is 7.61. The van der Waals surface area contributed by atoms with Gasteiger partial charge < -0.3 is 10.2 Å². The number of carbonyl (C=O) groups excluding carboxylic acids is 1.